The van der Waals surface area contributed by atoms with E-state index in [-0.39, 0.29) is 5.78 Å². The standard InChI is InChI=1S/C5H2Cl3N5O/c6-5(7,8)3(14)12-1-2-13-4(12)9-10-11-13/h1-2H. The number of alkyl halides is 3. The van der Waals surface area contributed by atoms with E-state index in [2.05, 4.69) is 15.5 Å². The quantitative estimate of drug-likeness (QED) is 0.656. The van der Waals surface area contributed by atoms with Crippen molar-refractivity contribution in [1.29, 1.82) is 0 Å². The molecule has 2 heterocycles. The molecule has 2 rings (SSSR count). The first kappa shape index (κ1) is 9.70. The Kier molecular flexibility index (Phi) is 2.13. The zero-order valence-corrected chi connectivity index (χ0v) is 8.70. The zero-order valence-electron chi connectivity index (χ0n) is 6.43. The molecule has 0 aromatic carbocycles. The summed E-state index contributed by atoms with van der Waals surface area (Å²) in [5.74, 6) is -0.534. The number of halogens is 3. The average Bonchev–Trinajstić information content (AvgIpc) is 2.59. The SMILES string of the molecule is O=C(n1ccn2nnnc12)C(Cl)(Cl)Cl. The maximum Gasteiger partial charge on any atom is 0.285 e. The maximum atomic E-state index is 11.5. The van der Waals surface area contributed by atoms with Gasteiger partial charge in [-0.05, 0) is 10.4 Å². The van der Waals surface area contributed by atoms with Gasteiger partial charge in [-0.25, -0.2) is 4.57 Å². The Balaban J connectivity index is 2.54. The monoisotopic (exact) mass is 253 g/mol. The van der Waals surface area contributed by atoms with Crippen molar-refractivity contribution in [3.63, 3.8) is 0 Å². The summed E-state index contributed by atoms with van der Waals surface area (Å²) in [5.41, 5.74) is 0. The molecule has 0 aliphatic carbocycles. The first-order valence-electron chi connectivity index (χ1n) is 3.37. The summed E-state index contributed by atoms with van der Waals surface area (Å²) < 4.78 is 0.326. The molecule has 0 aliphatic heterocycles. The second kappa shape index (κ2) is 3.08. The first-order chi connectivity index (χ1) is 6.50. The number of hydrogen-bond donors (Lipinski definition) is 0. The third kappa shape index (κ3) is 1.45. The number of tetrazole rings is 1. The molecule has 6 nitrogen and oxygen atoms in total. The Labute approximate surface area is 92.3 Å². The lowest BCUT2D eigenvalue weighted by Gasteiger charge is -2.08. The van der Waals surface area contributed by atoms with Crippen LogP contribution in [0.4, 0.5) is 0 Å². The van der Waals surface area contributed by atoms with E-state index in [1.165, 1.54) is 16.9 Å². The van der Waals surface area contributed by atoms with Crippen LogP contribution >= 0.6 is 34.8 Å². The summed E-state index contributed by atoms with van der Waals surface area (Å²) in [6, 6.07) is 0. The number of fused-ring (bicyclic) bond motifs is 1. The number of carbonyl (C=O) groups is 1. The minimum Gasteiger partial charge on any atom is -0.269 e. The molecular formula is C5H2Cl3N5O. The van der Waals surface area contributed by atoms with Crippen molar-refractivity contribution < 1.29 is 4.79 Å². The van der Waals surface area contributed by atoms with Gasteiger partial charge in [0.2, 0.25) is 0 Å². The van der Waals surface area contributed by atoms with Gasteiger partial charge in [0.15, 0.2) is 0 Å². The third-order valence-corrected chi connectivity index (χ3v) is 1.99. The van der Waals surface area contributed by atoms with E-state index in [0.717, 1.165) is 4.57 Å². The molecule has 0 amide bonds. The molecule has 0 bridgehead atoms. The van der Waals surface area contributed by atoms with Crippen molar-refractivity contribution >= 4 is 46.5 Å². The minimum absolute atomic E-state index is 0.196. The van der Waals surface area contributed by atoms with Crippen molar-refractivity contribution in [3.05, 3.63) is 12.4 Å². The van der Waals surface area contributed by atoms with Gasteiger partial charge >= 0.3 is 0 Å². The van der Waals surface area contributed by atoms with Crippen LogP contribution in [0, 0.1) is 0 Å². The van der Waals surface area contributed by atoms with Gasteiger partial charge in [0.25, 0.3) is 15.5 Å². The molecule has 0 aliphatic rings. The maximum absolute atomic E-state index is 11.5. The molecule has 0 N–H and O–H groups in total. The highest BCUT2D eigenvalue weighted by Gasteiger charge is 2.33. The summed E-state index contributed by atoms with van der Waals surface area (Å²) >= 11 is 16.3. The number of aromatic nitrogens is 5. The van der Waals surface area contributed by atoms with E-state index >= 15 is 0 Å². The molecule has 0 fully saturated rings. The van der Waals surface area contributed by atoms with Crippen LogP contribution in [0.2, 0.25) is 0 Å². The molecule has 0 atom stereocenters. The highest BCUT2D eigenvalue weighted by molar-refractivity contribution is 6.76. The zero-order chi connectivity index (χ0) is 10.3. The molecule has 0 saturated heterocycles. The summed E-state index contributed by atoms with van der Waals surface area (Å²) in [5, 5.41) is 10.5. The largest absolute Gasteiger partial charge is 0.285 e. The topological polar surface area (TPSA) is 65.1 Å². The Morgan fingerprint density at radius 1 is 1.36 bits per heavy atom. The molecule has 74 valence electrons. The Hall–Kier alpha value is -0.850. The second-order valence-corrected chi connectivity index (χ2v) is 4.68. The van der Waals surface area contributed by atoms with Crippen LogP contribution < -0.4 is 0 Å². The van der Waals surface area contributed by atoms with Crippen molar-refractivity contribution in [2.24, 2.45) is 0 Å². The predicted octanol–water partition coefficient (Wildman–Crippen LogP) is 0.936. The van der Waals surface area contributed by atoms with Crippen LogP contribution in [-0.4, -0.2) is 34.3 Å². The van der Waals surface area contributed by atoms with Gasteiger partial charge in [-0.1, -0.05) is 39.9 Å². The molecule has 0 unspecified atom stereocenters. The smallest absolute Gasteiger partial charge is 0.269 e. The van der Waals surface area contributed by atoms with Crippen LogP contribution in [0.15, 0.2) is 12.4 Å². The summed E-state index contributed by atoms with van der Waals surface area (Å²) in [7, 11) is 0. The lowest BCUT2D eigenvalue weighted by molar-refractivity contribution is 0.0922. The van der Waals surface area contributed by atoms with Gasteiger partial charge in [0.05, 0.1) is 6.20 Å². The lowest BCUT2D eigenvalue weighted by atomic mass is 10.6. The number of imidazole rings is 1. The Bertz CT molecular complexity index is 483. The van der Waals surface area contributed by atoms with E-state index in [4.69, 9.17) is 34.8 Å². The van der Waals surface area contributed by atoms with Crippen LogP contribution in [0.25, 0.3) is 5.78 Å². The normalized spacial score (nSPS) is 12.2. The Morgan fingerprint density at radius 3 is 2.71 bits per heavy atom. The minimum atomic E-state index is -2.02. The fraction of sp³-hybridized carbons (Fsp3) is 0.200. The van der Waals surface area contributed by atoms with Gasteiger partial charge < -0.3 is 0 Å². The van der Waals surface area contributed by atoms with Crippen LogP contribution in [0.1, 0.15) is 4.79 Å². The number of rotatable bonds is 0. The van der Waals surface area contributed by atoms with Gasteiger partial charge in [-0.2, -0.15) is 4.52 Å². The summed E-state index contributed by atoms with van der Waals surface area (Å²) in [6.45, 7) is 0. The number of nitrogens with zero attached hydrogens (tertiary/aromatic N) is 5. The summed E-state index contributed by atoms with van der Waals surface area (Å²) in [6.07, 6.45) is 2.87. The first-order valence-corrected chi connectivity index (χ1v) is 4.50. The second-order valence-electron chi connectivity index (χ2n) is 2.39. The predicted molar refractivity (Wildman–Crippen MR) is 49.7 cm³/mol. The highest BCUT2D eigenvalue weighted by Crippen LogP contribution is 2.28. The third-order valence-electron chi connectivity index (χ3n) is 1.51. The lowest BCUT2D eigenvalue weighted by Crippen LogP contribution is -2.25. The van der Waals surface area contributed by atoms with Crippen molar-refractivity contribution in [2.45, 2.75) is 3.79 Å². The van der Waals surface area contributed by atoms with Gasteiger partial charge in [0.1, 0.15) is 0 Å². The molecular weight excluding hydrogens is 252 g/mol. The van der Waals surface area contributed by atoms with E-state index < -0.39 is 9.70 Å². The highest BCUT2D eigenvalue weighted by atomic mass is 35.6. The molecule has 14 heavy (non-hydrogen) atoms. The van der Waals surface area contributed by atoms with Gasteiger partial charge in [-0.15, -0.1) is 0 Å². The fourth-order valence-corrected chi connectivity index (χ4v) is 1.21. The molecule has 2 aromatic heterocycles. The van der Waals surface area contributed by atoms with Crippen molar-refractivity contribution in [2.75, 3.05) is 0 Å². The van der Waals surface area contributed by atoms with E-state index in [1.54, 1.807) is 0 Å². The molecule has 0 radical (unpaired) electrons. The van der Waals surface area contributed by atoms with Crippen LogP contribution in [0.3, 0.4) is 0 Å². The number of carbonyl (C=O) groups excluding carboxylic acids is 1. The van der Waals surface area contributed by atoms with Crippen LogP contribution in [-0.2, 0) is 0 Å². The van der Waals surface area contributed by atoms with E-state index in [0.29, 0.717) is 0 Å². The van der Waals surface area contributed by atoms with E-state index in [9.17, 15) is 4.79 Å². The summed E-state index contributed by atoms with van der Waals surface area (Å²) in [4.78, 5) is 11.5. The molecule has 2 aromatic rings. The van der Waals surface area contributed by atoms with Gasteiger partial charge in [0, 0.05) is 6.20 Å². The Morgan fingerprint density at radius 2 is 2.07 bits per heavy atom. The van der Waals surface area contributed by atoms with Crippen LogP contribution in [0.5, 0.6) is 0 Å². The van der Waals surface area contributed by atoms with Crippen molar-refractivity contribution in [1.82, 2.24) is 24.6 Å². The fourth-order valence-electron chi connectivity index (χ4n) is 0.936. The number of hydrogen-bond acceptors (Lipinski definition) is 4. The van der Waals surface area contributed by atoms with E-state index in [1.807, 2.05) is 0 Å². The molecule has 9 heteroatoms. The molecule has 0 spiro atoms. The average molecular weight is 254 g/mol. The molecule has 0 saturated carbocycles. The van der Waals surface area contributed by atoms with Gasteiger partial charge in [-0.3, -0.25) is 4.79 Å². The van der Waals surface area contributed by atoms with Crippen molar-refractivity contribution in [3.8, 4) is 0 Å².